The highest BCUT2D eigenvalue weighted by atomic mass is 16.4. The van der Waals surface area contributed by atoms with Gasteiger partial charge in [-0.1, -0.05) is 0 Å². The molecule has 0 rings (SSSR count). The largest absolute Gasteiger partial charge is 0.394 e. The summed E-state index contributed by atoms with van der Waals surface area (Å²) >= 11 is 0. The van der Waals surface area contributed by atoms with Crippen LogP contribution in [0.15, 0.2) is 0 Å². The number of aliphatic hydroxyl groups excluding tert-OH is 19. The Bertz CT molecular complexity index is 476. The minimum atomic E-state index is -1.67. The molecule has 19 nitrogen and oxygen atoms in total. The summed E-state index contributed by atoms with van der Waals surface area (Å²) in [6.45, 7) is -2.83. The molecule has 0 fully saturated rings. The number of hydrogen-bond acceptors (Lipinski definition) is 19. The monoisotopic (exact) mass is 592 g/mol. The Hall–Kier alpha value is -0.760. The quantitative estimate of drug-likeness (QED) is 0.0838. The van der Waals surface area contributed by atoms with Crippen molar-refractivity contribution in [1.82, 2.24) is 0 Å². The van der Waals surface area contributed by atoms with Gasteiger partial charge in [0.15, 0.2) is 0 Å². The summed E-state index contributed by atoms with van der Waals surface area (Å²) in [5.41, 5.74) is 0. The van der Waals surface area contributed by atoms with Gasteiger partial charge in [-0.25, -0.2) is 0 Å². The molecule has 0 bridgehead atoms. The van der Waals surface area contributed by atoms with Crippen molar-refractivity contribution >= 4 is 0 Å². The van der Waals surface area contributed by atoms with E-state index < -0.39 is 106 Å². The Morgan fingerprint density at radius 1 is 0.308 bits per heavy atom. The third kappa shape index (κ3) is 22.6. The number of hydrogen-bond donors (Lipinski definition) is 19. The van der Waals surface area contributed by atoms with Crippen LogP contribution >= 0.6 is 0 Å². The Morgan fingerprint density at radius 3 is 0.667 bits per heavy atom. The van der Waals surface area contributed by atoms with E-state index in [1.165, 1.54) is 6.92 Å². The third-order valence-corrected chi connectivity index (χ3v) is 4.52. The number of aliphatic hydroxyl groups is 19. The van der Waals surface area contributed by atoms with E-state index in [2.05, 4.69) is 0 Å². The van der Waals surface area contributed by atoms with E-state index in [0.717, 1.165) is 0 Å². The summed E-state index contributed by atoms with van der Waals surface area (Å²) in [5, 5.41) is 162. The molecular weight excluding hydrogens is 544 g/mol. The van der Waals surface area contributed by atoms with Gasteiger partial charge in [0.25, 0.3) is 0 Å². The highest BCUT2D eigenvalue weighted by Crippen LogP contribution is 2.04. The Labute approximate surface area is 224 Å². The first-order valence-corrected chi connectivity index (χ1v) is 11.4. The number of rotatable bonds is 15. The summed E-state index contributed by atoms with van der Waals surface area (Å²) < 4.78 is 0. The topological polar surface area (TPSA) is 384 Å². The second-order valence-corrected chi connectivity index (χ2v) is 7.96. The Kier molecular flexibility index (Phi) is 31.8. The van der Waals surface area contributed by atoms with Crippen LogP contribution in [-0.4, -0.2) is 217 Å². The first-order chi connectivity index (χ1) is 18.0. The van der Waals surface area contributed by atoms with Crippen LogP contribution in [0.5, 0.6) is 0 Å². The molecule has 0 heterocycles. The molecule has 0 spiro atoms. The molecule has 0 aromatic rings. The lowest BCUT2D eigenvalue weighted by Gasteiger charge is -2.24. The van der Waals surface area contributed by atoms with Crippen molar-refractivity contribution < 1.29 is 97.0 Å². The summed E-state index contributed by atoms with van der Waals surface area (Å²) in [7, 11) is 0. The minimum absolute atomic E-state index is 0.365. The SMILES string of the molecule is CC(O)C(O)C(O)C(O)CO.OCC(O)C(O)C(O)C(O)CO.OCC(O)C(O)C(O)CO.OCC(O)CO. The van der Waals surface area contributed by atoms with Gasteiger partial charge in [-0.3, -0.25) is 0 Å². The third-order valence-electron chi connectivity index (χ3n) is 4.52. The zero-order valence-electron chi connectivity index (χ0n) is 21.4. The average Bonchev–Trinajstić information content (AvgIpc) is 2.96. The molecule has 0 saturated carbocycles. The molecule has 0 amide bonds. The molecule has 39 heavy (non-hydrogen) atoms. The maximum atomic E-state index is 8.96. The first kappa shape index (κ1) is 45.2. The molecule has 10 unspecified atom stereocenters. The van der Waals surface area contributed by atoms with E-state index in [4.69, 9.17) is 97.0 Å². The van der Waals surface area contributed by atoms with Crippen molar-refractivity contribution in [2.24, 2.45) is 0 Å². The van der Waals surface area contributed by atoms with Crippen molar-refractivity contribution in [2.75, 3.05) is 46.2 Å². The van der Waals surface area contributed by atoms with E-state index in [9.17, 15) is 0 Å². The Morgan fingerprint density at radius 2 is 0.513 bits per heavy atom. The van der Waals surface area contributed by atoms with E-state index in [1.54, 1.807) is 0 Å². The van der Waals surface area contributed by atoms with Crippen LogP contribution in [0.3, 0.4) is 0 Å². The van der Waals surface area contributed by atoms with E-state index in [0.29, 0.717) is 0 Å². The standard InChI is InChI=1S/C6H14O6.C6H14O5.C5H12O5.C3H8O3/c7-1-3(9)5(11)6(12)4(10)2-8;1-3(8)5(10)6(11)4(9)2-7;6-1-3(8)5(10)4(9)2-7;4-1-3(6)2-5/h3-12H,1-2H2;3-11H,2H2,1H3;3-10H,1-2H2;3-6H,1-2H2. The fourth-order valence-corrected chi connectivity index (χ4v) is 1.82. The second kappa shape index (κ2) is 27.4. The van der Waals surface area contributed by atoms with Gasteiger partial charge in [0.1, 0.15) is 67.1 Å². The van der Waals surface area contributed by atoms with Crippen molar-refractivity contribution in [3.63, 3.8) is 0 Å². The highest BCUT2D eigenvalue weighted by molar-refractivity contribution is 4.80. The smallest absolute Gasteiger partial charge is 0.111 e. The lowest BCUT2D eigenvalue weighted by Crippen LogP contribution is -2.46. The van der Waals surface area contributed by atoms with Gasteiger partial charge in [0.2, 0.25) is 0 Å². The summed E-state index contributed by atoms with van der Waals surface area (Å²) in [6.07, 6.45) is -17.1. The maximum Gasteiger partial charge on any atom is 0.111 e. The molecule has 0 aliphatic rings. The van der Waals surface area contributed by atoms with Crippen LogP contribution in [0, 0.1) is 0 Å². The molecule has 19 N–H and O–H groups in total. The first-order valence-electron chi connectivity index (χ1n) is 11.4. The van der Waals surface area contributed by atoms with Gasteiger partial charge < -0.3 is 97.0 Å². The van der Waals surface area contributed by atoms with E-state index in [-0.39, 0.29) is 13.2 Å². The molecular formula is C20H48O19. The molecule has 0 aliphatic heterocycles. The van der Waals surface area contributed by atoms with Gasteiger partial charge in [-0.2, -0.15) is 0 Å². The predicted octanol–water partition coefficient (Wildman–Crippen LogP) is -10.8. The summed E-state index contributed by atoms with van der Waals surface area (Å²) in [5.74, 6) is 0. The van der Waals surface area contributed by atoms with Gasteiger partial charge >= 0.3 is 0 Å². The zero-order chi connectivity index (χ0) is 31.9. The van der Waals surface area contributed by atoms with Crippen LogP contribution < -0.4 is 0 Å². The van der Waals surface area contributed by atoms with Crippen molar-refractivity contribution in [2.45, 2.75) is 80.2 Å². The fourth-order valence-electron chi connectivity index (χ4n) is 1.82. The van der Waals surface area contributed by atoms with Crippen molar-refractivity contribution in [3.8, 4) is 0 Å². The fraction of sp³-hybridized carbons (Fsp3) is 1.00. The highest BCUT2D eigenvalue weighted by Gasteiger charge is 2.29. The molecule has 0 saturated heterocycles. The van der Waals surface area contributed by atoms with E-state index in [1.807, 2.05) is 0 Å². The van der Waals surface area contributed by atoms with Crippen molar-refractivity contribution in [3.05, 3.63) is 0 Å². The maximum absolute atomic E-state index is 8.96. The molecule has 0 radical (unpaired) electrons. The van der Waals surface area contributed by atoms with Gasteiger partial charge in [0, 0.05) is 0 Å². The van der Waals surface area contributed by atoms with Crippen molar-refractivity contribution in [1.29, 1.82) is 0 Å². The van der Waals surface area contributed by atoms with Crippen LogP contribution in [0.25, 0.3) is 0 Å². The molecule has 242 valence electrons. The van der Waals surface area contributed by atoms with Gasteiger partial charge in [0.05, 0.1) is 52.4 Å². The van der Waals surface area contributed by atoms with Gasteiger partial charge in [-0.05, 0) is 6.92 Å². The van der Waals surface area contributed by atoms with Crippen LogP contribution in [0.2, 0.25) is 0 Å². The molecule has 10 atom stereocenters. The summed E-state index contributed by atoms with van der Waals surface area (Å²) in [4.78, 5) is 0. The second-order valence-electron chi connectivity index (χ2n) is 7.96. The minimum Gasteiger partial charge on any atom is -0.394 e. The molecule has 0 aliphatic carbocycles. The molecule has 19 heteroatoms. The summed E-state index contributed by atoms with van der Waals surface area (Å²) in [6, 6.07) is 0. The van der Waals surface area contributed by atoms with Gasteiger partial charge in [-0.15, -0.1) is 0 Å². The Balaban J connectivity index is -0.000000215. The lowest BCUT2D eigenvalue weighted by molar-refractivity contribution is -0.123. The van der Waals surface area contributed by atoms with E-state index >= 15 is 0 Å². The van der Waals surface area contributed by atoms with Crippen LogP contribution in [-0.2, 0) is 0 Å². The lowest BCUT2D eigenvalue weighted by atomic mass is 10.0. The normalized spacial score (nSPS) is 19.6. The van der Waals surface area contributed by atoms with Crippen LogP contribution in [0.4, 0.5) is 0 Å². The zero-order valence-corrected chi connectivity index (χ0v) is 21.4. The average molecular weight is 593 g/mol. The molecule has 0 aromatic heterocycles. The van der Waals surface area contributed by atoms with Crippen LogP contribution in [0.1, 0.15) is 6.92 Å². The predicted molar refractivity (Wildman–Crippen MR) is 127 cm³/mol. The molecule has 0 aromatic carbocycles.